The molecule has 1 heterocycles. The minimum Gasteiger partial charge on any atom is -0.385 e. The van der Waals surface area contributed by atoms with Crippen molar-refractivity contribution in [2.24, 2.45) is 5.41 Å². The molecule has 0 aliphatic heterocycles. The summed E-state index contributed by atoms with van der Waals surface area (Å²) in [5.74, 6) is 0. The number of hydrogen-bond acceptors (Lipinski definition) is 2. The standard InChI is InChI=1S/C13H20OS/c1-10-11(6-9-15-10)13(14)8-5-4-7-12(13,2)3/h6,9,14H,4-5,7-8H2,1-3H3. The molecule has 1 aliphatic carbocycles. The molecular formula is C13H20OS. The number of hydrogen-bond donors (Lipinski definition) is 1. The van der Waals surface area contributed by atoms with E-state index < -0.39 is 5.60 Å². The SMILES string of the molecule is Cc1sccc1C1(O)CCCCC1(C)C. The first-order chi connectivity index (χ1) is 6.97. The molecule has 1 aliphatic rings. The summed E-state index contributed by atoms with van der Waals surface area (Å²) in [6.45, 7) is 6.51. The average Bonchev–Trinajstić information content (AvgIpc) is 2.57. The van der Waals surface area contributed by atoms with Gasteiger partial charge >= 0.3 is 0 Å². The zero-order chi connectivity index (χ0) is 11.1. The second-order valence-electron chi connectivity index (χ2n) is 5.34. The maximum Gasteiger partial charge on any atom is 0.0957 e. The van der Waals surface area contributed by atoms with Crippen molar-refractivity contribution in [1.29, 1.82) is 0 Å². The van der Waals surface area contributed by atoms with Crippen molar-refractivity contribution >= 4 is 11.3 Å². The maximum absolute atomic E-state index is 10.9. The lowest BCUT2D eigenvalue weighted by atomic mass is 9.62. The van der Waals surface area contributed by atoms with Crippen LogP contribution < -0.4 is 0 Å². The normalized spacial score (nSPS) is 30.4. The highest BCUT2D eigenvalue weighted by atomic mass is 32.1. The van der Waals surface area contributed by atoms with E-state index >= 15 is 0 Å². The van der Waals surface area contributed by atoms with Gasteiger partial charge in [-0.3, -0.25) is 0 Å². The molecule has 0 bridgehead atoms. The molecule has 1 aromatic heterocycles. The molecule has 1 fully saturated rings. The average molecular weight is 224 g/mol. The van der Waals surface area contributed by atoms with Crippen molar-refractivity contribution in [3.05, 3.63) is 21.9 Å². The van der Waals surface area contributed by atoms with Gasteiger partial charge in [0.05, 0.1) is 5.60 Å². The fourth-order valence-electron chi connectivity index (χ4n) is 2.81. The quantitative estimate of drug-likeness (QED) is 0.768. The van der Waals surface area contributed by atoms with E-state index in [0.29, 0.717) is 0 Å². The van der Waals surface area contributed by atoms with Gasteiger partial charge in [0.15, 0.2) is 0 Å². The molecular weight excluding hydrogens is 204 g/mol. The van der Waals surface area contributed by atoms with Gasteiger partial charge in [-0.25, -0.2) is 0 Å². The monoisotopic (exact) mass is 224 g/mol. The van der Waals surface area contributed by atoms with E-state index in [1.165, 1.54) is 11.3 Å². The van der Waals surface area contributed by atoms with Crippen LogP contribution in [0.5, 0.6) is 0 Å². The van der Waals surface area contributed by atoms with Crippen LogP contribution in [0.2, 0.25) is 0 Å². The summed E-state index contributed by atoms with van der Waals surface area (Å²) in [6.07, 6.45) is 4.43. The van der Waals surface area contributed by atoms with Crippen LogP contribution in [0.4, 0.5) is 0 Å². The highest BCUT2D eigenvalue weighted by Gasteiger charge is 2.47. The van der Waals surface area contributed by atoms with Gasteiger partial charge in [0.25, 0.3) is 0 Å². The molecule has 84 valence electrons. The Morgan fingerprint density at radius 3 is 2.47 bits per heavy atom. The molecule has 2 rings (SSSR count). The summed E-state index contributed by atoms with van der Waals surface area (Å²) in [7, 11) is 0. The van der Waals surface area contributed by atoms with E-state index in [9.17, 15) is 5.11 Å². The van der Waals surface area contributed by atoms with Gasteiger partial charge in [-0.05, 0) is 42.2 Å². The van der Waals surface area contributed by atoms with Gasteiger partial charge in [-0.2, -0.15) is 0 Å². The molecule has 0 aromatic carbocycles. The Morgan fingerprint density at radius 2 is 1.93 bits per heavy atom. The van der Waals surface area contributed by atoms with Crippen molar-refractivity contribution in [3.63, 3.8) is 0 Å². The van der Waals surface area contributed by atoms with Crippen LogP contribution >= 0.6 is 11.3 Å². The molecule has 0 amide bonds. The third kappa shape index (κ3) is 1.64. The predicted octanol–water partition coefficient (Wildman–Crippen LogP) is 3.84. The van der Waals surface area contributed by atoms with E-state index in [1.807, 2.05) is 0 Å². The third-order valence-electron chi connectivity index (χ3n) is 4.01. The van der Waals surface area contributed by atoms with Crippen LogP contribution in [0.1, 0.15) is 50.0 Å². The van der Waals surface area contributed by atoms with Crippen molar-refractivity contribution < 1.29 is 5.11 Å². The van der Waals surface area contributed by atoms with Gasteiger partial charge in [0.2, 0.25) is 0 Å². The molecule has 1 N–H and O–H groups in total. The Bertz CT molecular complexity index is 353. The Morgan fingerprint density at radius 1 is 1.27 bits per heavy atom. The van der Waals surface area contributed by atoms with Crippen LogP contribution in [0.25, 0.3) is 0 Å². The van der Waals surface area contributed by atoms with E-state index in [-0.39, 0.29) is 5.41 Å². The van der Waals surface area contributed by atoms with E-state index in [2.05, 4.69) is 32.2 Å². The highest BCUT2D eigenvalue weighted by molar-refractivity contribution is 7.10. The molecule has 1 unspecified atom stereocenters. The van der Waals surface area contributed by atoms with Gasteiger partial charge in [-0.15, -0.1) is 11.3 Å². The highest BCUT2D eigenvalue weighted by Crippen LogP contribution is 2.51. The summed E-state index contributed by atoms with van der Waals surface area (Å²) in [6, 6.07) is 2.10. The molecule has 15 heavy (non-hydrogen) atoms. The number of aliphatic hydroxyl groups is 1. The lowest BCUT2D eigenvalue weighted by Gasteiger charge is -2.46. The largest absolute Gasteiger partial charge is 0.385 e. The molecule has 0 radical (unpaired) electrons. The Labute approximate surface area is 96.1 Å². The number of aryl methyl sites for hydroxylation is 1. The van der Waals surface area contributed by atoms with Gasteiger partial charge in [-0.1, -0.05) is 26.7 Å². The van der Waals surface area contributed by atoms with Crippen molar-refractivity contribution in [3.8, 4) is 0 Å². The Kier molecular flexibility index (Phi) is 2.68. The Balaban J connectivity index is 2.44. The minimum absolute atomic E-state index is 0.0110. The third-order valence-corrected chi connectivity index (χ3v) is 4.86. The van der Waals surface area contributed by atoms with Crippen LogP contribution in [0.15, 0.2) is 11.4 Å². The first kappa shape index (κ1) is 11.2. The summed E-state index contributed by atoms with van der Waals surface area (Å²) in [4.78, 5) is 1.27. The molecule has 1 nitrogen and oxygen atoms in total. The van der Waals surface area contributed by atoms with Gasteiger partial charge in [0, 0.05) is 4.88 Å². The van der Waals surface area contributed by atoms with Crippen LogP contribution in [-0.2, 0) is 5.60 Å². The minimum atomic E-state index is -0.602. The summed E-state index contributed by atoms with van der Waals surface area (Å²) >= 11 is 1.74. The predicted molar refractivity (Wildman–Crippen MR) is 65.2 cm³/mol. The number of thiophene rings is 1. The summed E-state index contributed by atoms with van der Waals surface area (Å²) in [5, 5.41) is 13.0. The zero-order valence-corrected chi connectivity index (χ0v) is 10.7. The fourth-order valence-corrected chi connectivity index (χ4v) is 3.58. The zero-order valence-electron chi connectivity index (χ0n) is 9.84. The van der Waals surface area contributed by atoms with Crippen LogP contribution in [0, 0.1) is 12.3 Å². The second-order valence-corrected chi connectivity index (χ2v) is 6.46. The Hall–Kier alpha value is -0.340. The maximum atomic E-state index is 10.9. The molecule has 0 saturated heterocycles. The molecule has 1 saturated carbocycles. The lowest BCUT2D eigenvalue weighted by Crippen LogP contribution is -2.44. The van der Waals surface area contributed by atoms with E-state index in [0.717, 1.165) is 24.8 Å². The molecule has 2 heteroatoms. The van der Waals surface area contributed by atoms with E-state index in [4.69, 9.17) is 0 Å². The fraction of sp³-hybridized carbons (Fsp3) is 0.692. The smallest absolute Gasteiger partial charge is 0.0957 e. The van der Waals surface area contributed by atoms with Crippen LogP contribution in [0.3, 0.4) is 0 Å². The topological polar surface area (TPSA) is 20.2 Å². The van der Waals surface area contributed by atoms with Gasteiger partial charge in [0.1, 0.15) is 0 Å². The second kappa shape index (κ2) is 3.60. The molecule has 1 aromatic rings. The van der Waals surface area contributed by atoms with Crippen molar-refractivity contribution in [1.82, 2.24) is 0 Å². The van der Waals surface area contributed by atoms with E-state index in [1.54, 1.807) is 11.3 Å². The van der Waals surface area contributed by atoms with Crippen molar-refractivity contribution in [2.75, 3.05) is 0 Å². The van der Waals surface area contributed by atoms with Gasteiger partial charge < -0.3 is 5.11 Å². The van der Waals surface area contributed by atoms with Crippen molar-refractivity contribution in [2.45, 2.75) is 52.1 Å². The van der Waals surface area contributed by atoms with Crippen LogP contribution in [-0.4, -0.2) is 5.11 Å². The number of rotatable bonds is 1. The first-order valence-electron chi connectivity index (χ1n) is 5.74. The molecule has 1 atom stereocenters. The lowest BCUT2D eigenvalue weighted by molar-refractivity contribution is -0.104. The summed E-state index contributed by atoms with van der Waals surface area (Å²) in [5.41, 5.74) is 0.573. The first-order valence-corrected chi connectivity index (χ1v) is 6.62. The summed E-state index contributed by atoms with van der Waals surface area (Å²) < 4.78 is 0. The molecule has 0 spiro atoms.